The molecule has 1 N–H and O–H groups in total. The lowest BCUT2D eigenvalue weighted by atomic mass is 10.2. The maximum absolute atomic E-state index is 10.8. The number of non-ortho nitro benzene ring substituents is 1. The average Bonchev–Trinajstić information content (AvgIpc) is 2.35. The fourth-order valence-electron chi connectivity index (χ4n) is 0.974. The number of hydrogen-bond donors (Lipinski definition) is 1. The number of nitro groups is 1. The topological polar surface area (TPSA) is 107 Å². The van der Waals surface area contributed by atoms with Crippen molar-refractivity contribution in [2.75, 3.05) is 7.11 Å². The Morgan fingerprint density at radius 1 is 1.42 bits per heavy atom. The van der Waals surface area contributed by atoms with Crippen molar-refractivity contribution in [2.45, 2.75) is 6.92 Å². The molecule has 0 saturated heterocycles. The molecule has 0 amide bonds. The molecule has 0 fully saturated rings. The van der Waals surface area contributed by atoms with Crippen LogP contribution in [0.1, 0.15) is 12.5 Å². The summed E-state index contributed by atoms with van der Waals surface area (Å²) in [4.78, 5) is 29.7. The van der Waals surface area contributed by atoms with Gasteiger partial charge < -0.3 is 9.84 Å². The van der Waals surface area contributed by atoms with Crippen LogP contribution in [-0.2, 0) is 14.3 Å². The molecule has 0 atom stereocenters. The van der Waals surface area contributed by atoms with E-state index < -0.39 is 16.9 Å². The Kier molecular flexibility index (Phi) is 7.21. The van der Waals surface area contributed by atoms with Gasteiger partial charge in [-0.3, -0.25) is 14.9 Å². The number of nitrogens with zero attached hydrogens (tertiary/aromatic N) is 1. The number of hydrogen-bond acceptors (Lipinski definition) is 5. The van der Waals surface area contributed by atoms with Gasteiger partial charge in [0, 0.05) is 25.1 Å². The highest BCUT2D eigenvalue weighted by Crippen LogP contribution is 2.13. The summed E-state index contributed by atoms with van der Waals surface area (Å²) in [5, 5.41) is 17.9. The van der Waals surface area contributed by atoms with Crippen molar-refractivity contribution in [3.8, 4) is 0 Å². The molecule has 19 heavy (non-hydrogen) atoms. The third-order valence-electron chi connectivity index (χ3n) is 1.69. The van der Waals surface area contributed by atoms with Crippen molar-refractivity contribution < 1.29 is 24.4 Å². The molecular weight excluding hydrogens is 254 g/mol. The number of carbonyl (C=O) groups is 2. The van der Waals surface area contributed by atoms with Crippen molar-refractivity contribution in [1.82, 2.24) is 0 Å². The molecule has 0 saturated carbocycles. The average molecular weight is 267 g/mol. The third-order valence-corrected chi connectivity index (χ3v) is 1.69. The van der Waals surface area contributed by atoms with Gasteiger partial charge in [0.15, 0.2) is 0 Å². The molecule has 0 spiro atoms. The molecule has 7 nitrogen and oxygen atoms in total. The van der Waals surface area contributed by atoms with Gasteiger partial charge in [-0.2, -0.15) is 0 Å². The summed E-state index contributed by atoms with van der Waals surface area (Å²) in [5.41, 5.74) is 0.566. The van der Waals surface area contributed by atoms with Crippen molar-refractivity contribution in [3.63, 3.8) is 0 Å². The van der Waals surface area contributed by atoms with Crippen LogP contribution in [0, 0.1) is 10.1 Å². The van der Waals surface area contributed by atoms with Gasteiger partial charge in [0.1, 0.15) is 0 Å². The number of rotatable bonds is 3. The quantitative estimate of drug-likeness (QED) is 0.387. The van der Waals surface area contributed by atoms with Gasteiger partial charge in [0.25, 0.3) is 11.7 Å². The molecule has 1 aromatic rings. The summed E-state index contributed by atoms with van der Waals surface area (Å²) in [6.07, 6.45) is 2.66. The lowest BCUT2D eigenvalue weighted by Gasteiger charge is -1.94. The fraction of sp³-hybridized carbons (Fsp3) is 0.167. The van der Waals surface area contributed by atoms with E-state index in [1.54, 1.807) is 12.1 Å². The molecular formula is C12H13NO6. The number of esters is 1. The first-order valence-electron chi connectivity index (χ1n) is 5.07. The summed E-state index contributed by atoms with van der Waals surface area (Å²) >= 11 is 0. The number of carboxylic acids is 1. The number of aliphatic carboxylic acids is 1. The Morgan fingerprint density at radius 2 is 2.00 bits per heavy atom. The van der Waals surface area contributed by atoms with Crippen molar-refractivity contribution >= 4 is 23.7 Å². The monoisotopic (exact) mass is 267 g/mol. The van der Waals surface area contributed by atoms with Crippen LogP contribution in [0.5, 0.6) is 0 Å². The van der Waals surface area contributed by atoms with Crippen molar-refractivity contribution in [2.24, 2.45) is 0 Å². The Labute approximate surface area is 109 Å². The first-order valence-corrected chi connectivity index (χ1v) is 5.07. The van der Waals surface area contributed by atoms with Crippen LogP contribution in [0.2, 0.25) is 0 Å². The molecule has 1 rings (SSSR count). The number of carboxylic acid groups (broad SMARTS) is 1. The lowest BCUT2D eigenvalue weighted by Crippen LogP contribution is -1.93. The van der Waals surface area contributed by atoms with E-state index >= 15 is 0 Å². The predicted molar refractivity (Wildman–Crippen MR) is 67.5 cm³/mol. The van der Waals surface area contributed by atoms with Gasteiger partial charge in [0.2, 0.25) is 0 Å². The molecule has 1 aromatic carbocycles. The second-order valence-electron chi connectivity index (χ2n) is 3.23. The summed E-state index contributed by atoms with van der Waals surface area (Å²) in [7, 11) is 1.26. The number of ether oxygens (including phenoxy) is 1. The smallest absolute Gasteiger partial charge is 0.330 e. The molecule has 0 heterocycles. The maximum Gasteiger partial charge on any atom is 0.330 e. The Bertz CT molecular complexity index is 491. The molecule has 0 aromatic heterocycles. The van der Waals surface area contributed by atoms with Gasteiger partial charge in [0.05, 0.1) is 12.0 Å². The van der Waals surface area contributed by atoms with E-state index in [1.807, 2.05) is 0 Å². The van der Waals surface area contributed by atoms with Gasteiger partial charge in [-0.25, -0.2) is 4.79 Å². The second-order valence-corrected chi connectivity index (χ2v) is 3.23. The van der Waals surface area contributed by atoms with Gasteiger partial charge in [-0.15, -0.1) is 0 Å². The minimum atomic E-state index is -0.833. The van der Waals surface area contributed by atoms with Gasteiger partial charge in [-0.05, 0) is 11.6 Å². The molecule has 0 aliphatic heterocycles. The Hall–Kier alpha value is -2.70. The highest BCUT2D eigenvalue weighted by Gasteiger charge is 2.03. The summed E-state index contributed by atoms with van der Waals surface area (Å²) < 4.78 is 4.39. The molecule has 0 bridgehead atoms. The van der Waals surface area contributed by atoms with Crippen LogP contribution in [0.15, 0.2) is 30.3 Å². The van der Waals surface area contributed by atoms with Crippen molar-refractivity contribution in [3.05, 3.63) is 46.0 Å². The highest BCUT2D eigenvalue weighted by molar-refractivity contribution is 5.87. The standard InChI is InChI=1S/C10H9NO4.C2H4O2/c1-15-10(12)6-5-8-3-2-4-9(7-8)11(13)14;1-2(3)4/h2-7H,1H3;1H3,(H,3,4). The maximum atomic E-state index is 10.8. The van der Waals surface area contributed by atoms with Crippen LogP contribution in [0.4, 0.5) is 5.69 Å². The fourth-order valence-corrected chi connectivity index (χ4v) is 0.974. The number of benzene rings is 1. The summed E-state index contributed by atoms with van der Waals surface area (Å²) in [5.74, 6) is -1.33. The summed E-state index contributed by atoms with van der Waals surface area (Å²) in [6, 6.07) is 5.97. The van der Waals surface area contributed by atoms with E-state index in [0.29, 0.717) is 5.56 Å². The van der Waals surface area contributed by atoms with Crippen LogP contribution in [0.25, 0.3) is 6.08 Å². The van der Waals surface area contributed by atoms with Crippen molar-refractivity contribution in [1.29, 1.82) is 0 Å². The van der Waals surface area contributed by atoms with Gasteiger partial charge >= 0.3 is 5.97 Å². The van der Waals surface area contributed by atoms with E-state index in [2.05, 4.69) is 4.74 Å². The number of nitro benzene ring substituents is 1. The highest BCUT2D eigenvalue weighted by atomic mass is 16.6. The van der Waals surface area contributed by atoms with Crippen LogP contribution in [0.3, 0.4) is 0 Å². The van der Waals surface area contributed by atoms with E-state index in [-0.39, 0.29) is 5.69 Å². The first kappa shape index (κ1) is 16.3. The van der Waals surface area contributed by atoms with Crippen LogP contribution < -0.4 is 0 Å². The molecule has 0 radical (unpaired) electrons. The predicted octanol–water partition coefficient (Wildman–Crippen LogP) is 1.87. The SMILES string of the molecule is CC(=O)O.COC(=O)C=Cc1cccc([N+](=O)[O-])c1. The van der Waals surface area contributed by atoms with Crippen LogP contribution >= 0.6 is 0 Å². The van der Waals surface area contributed by atoms with E-state index in [0.717, 1.165) is 6.92 Å². The second kappa shape index (κ2) is 8.40. The summed E-state index contributed by atoms with van der Waals surface area (Å²) in [6.45, 7) is 1.08. The van der Waals surface area contributed by atoms with E-state index in [9.17, 15) is 14.9 Å². The van der Waals surface area contributed by atoms with Crippen LogP contribution in [-0.4, -0.2) is 29.1 Å². The van der Waals surface area contributed by atoms with E-state index in [1.165, 1.54) is 31.4 Å². The molecule has 0 aliphatic carbocycles. The molecule has 0 unspecified atom stereocenters. The zero-order chi connectivity index (χ0) is 14.8. The molecule has 0 aliphatic rings. The molecule has 7 heteroatoms. The Morgan fingerprint density at radius 3 is 2.47 bits per heavy atom. The third kappa shape index (κ3) is 8.08. The lowest BCUT2D eigenvalue weighted by molar-refractivity contribution is -0.384. The normalized spacial score (nSPS) is 9.37. The van der Waals surface area contributed by atoms with Gasteiger partial charge in [-0.1, -0.05) is 12.1 Å². The minimum Gasteiger partial charge on any atom is -0.481 e. The van der Waals surface area contributed by atoms with E-state index in [4.69, 9.17) is 9.90 Å². The zero-order valence-electron chi connectivity index (χ0n) is 10.4. The largest absolute Gasteiger partial charge is 0.481 e. The number of methoxy groups -OCH3 is 1. The molecule has 102 valence electrons. The zero-order valence-corrected chi connectivity index (χ0v) is 10.4. The Balaban J connectivity index is 0.000000711. The first-order chi connectivity index (χ1) is 8.86. The minimum absolute atomic E-state index is 0.0120. The number of carbonyl (C=O) groups excluding carboxylic acids is 1.